The molecule has 0 fully saturated rings. The third-order valence-electron chi connectivity index (χ3n) is 3.16. The Bertz CT molecular complexity index is 315. The fourth-order valence-corrected chi connectivity index (χ4v) is 1.64. The number of nitrogens with two attached hydrogens (primary N) is 1. The molecule has 96 valence electrons. The molecule has 1 rings (SSSR count). The lowest BCUT2D eigenvalue weighted by Crippen LogP contribution is -2.41. The molecule has 0 heterocycles. The largest absolute Gasteiger partial charge is 0.394 e. The maximum Gasteiger partial charge on any atom is 0.0666 e. The molecule has 1 aromatic rings. The van der Waals surface area contributed by atoms with Gasteiger partial charge in [-0.05, 0) is 25.3 Å². The highest BCUT2D eigenvalue weighted by molar-refractivity contribution is 5.23. The van der Waals surface area contributed by atoms with Crippen LogP contribution >= 0.6 is 0 Å². The van der Waals surface area contributed by atoms with Crippen LogP contribution in [-0.2, 0) is 10.3 Å². The zero-order chi connectivity index (χ0) is 12.7. The number of aliphatic hydroxyl groups excluding tert-OH is 1. The molecule has 0 radical (unpaired) electrons. The molecule has 0 aliphatic heterocycles. The van der Waals surface area contributed by atoms with E-state index in [1.807, 2.05) is 37.3 Å². The number of rotatable bonds is 7. The molecule has 0 aromatic heterocycles. The number of ether oxygens (including phenoxy) is 1. The molecule has 3 N–H and O–H groups in total. The lowest BCUT2D eigenvalue weighted by molar-refractivity contribution is 0.0421. The Balaban J connectivity index is 2.57. The fraction of sp³-hybridized carbons (Fsp3) is 0.571. The van der Waals surface area contributed by atoms with Crippen LogP contribution in [0.15, 0.2) is 30.3 Å². The van der Waals surface area contributed by atoms with E-state index in [4.69, 9.17) is 10.5 Å². The maximum atomic E-state index is 9.48. The number of hydrogen-bond donors (Lipinski definition) is 2. The maximum absolute atomic E-state index is 9.48. The summed E-state index contributed by atoms with van der Waals surface area (Å²) in [7, 11) is 0. The number of hydrogen-bond acceptors (Lipinski definition) is 3. The third kappa shape index (κ3) is 4.11. The van der Waals surface area contributed by atoms with Gasteiger partial charge in [-0.25, -0.2) is 0 Å². The SMILES string of the molecule is CCC(C)OCCC(N)(CO)c1ccccc1. The van der Waals surface area contributed by atoms with Gasteiger partial charge < -0.3 is 15.6 Å². The van der Waals surface area contributed by atoms with Gasteiger partial charge in [-0.1, -0.05) is 37.3 Å². The highest BCUT2D eigenvalue weighted by atomic mass is 16.5. The number of benzene rings is 1. The van der Waals surface area contributed by atoms with Crippen molar-refractivity contribution >= 4 is 0 Å². The van der Waals surface area contributed by atoms with Gasteiger partial charge in [0.05, 0.1) is 18.2 Å². The average Bonchev–Trinajstić information content (AvgIpc) is 2.39. The molecule has 3 heteroatoms. The molecule has 3 nitrogen and oxygen atoms in total. The molecule has 1 aromatic carbocycles. The first-order valence-electron chi connectivity index (χ1n) is 6.19. The quantitative estimate of drug-likeness (QED) is 0.763. The Morgan fingerprint density at radius 1 is 1.35 bits per heavy atom. The smallest absolute Gasteiger partial charge is 0.0666 e. The zero-order valence-corrected chi connectivity index (χ0v) is 10.7. The molecule has 2 atom stereocenters. The first kappa shape index (κ1) is 14.2. The molecule has 17 heavy (non-hydrogen) atoms. The Morgan fingerprint density at radius 3 is 2.53 bits per heavy atom. The molecule has 0 amide bonds. The summed E-state index contributed by atoms with van der Waals surface area (Å²) in [4.78, 5) is 0. The summed E-state index contributed by atoms with van der Waals surface area (Å²) in [6, 6.07) is 9.69. The molecule has 0 bridgehead atoms. The van der Waals surface area contributed by atoms with Crippen molar-refractivity contribution in [2.24, 2.45) is 5.73 Å². The molecule has 0 aliphatic rings. The predicted molar refractivity (Wildman–Crippen MR) is 69.7 cm³/mol. The van der Waals surface area contributed by atoms with Crippen molar-refractivity contribution in [1.29, 1.82) is 0 Å². The van der Waals surface area contributed by atoms with Gasteiger partial charge in [0.25, 0.3) is 0 Å². The van der Waals surface area contributed by atoms with E-state index in [9.17, 15) is 5.11 Å². The van der Waals surface area contributed by atoms with Crippen molar-refractivity contribution in [1.82, 2.24) is 0 Å². The van der Waals surface area contributed by atoms with Crippen LogP contribution in [0.2, 0.25) is 0 Å². The Hall–Kier alpha value is -0.900. The topological polar surface area (TPSA) is 55.5 Å². The Labute approximate surface area is 104 Å². The number of aliphatic hydroxyl groups is 1. The third-order valence-corrected chi connectivity index (χ3v) is 3.16. The summed E-state index contributed by atoms with van der Waals surface area (Å²) >= 11 is 0. The monoisotopic (exact) mass is 237 g/mol. The van der Waals surface area contributed by atoms with Crippen LogP contribution in [0, 0.1) is 0 Å². The standard InChI is InChI=1S/C14H23NO2/c1-3-12(2)17-10-9-14(15,11-16)13-7-5-4-6-8-13/h4-8,12,16H,3,9-11,15H2,1-2H3. The summed E-state index contributed by atoms with van der Waals surface area (Å²) in [5.74, 6) is 0. The molecule has 0 saturated carbocycles. The first-order valence-corrected chi connectivity index (χ1v) is 6.19. The van der Waals surface area contributed by atoms with Gasteiger partial charge in [-0.2, -0.15) is 0 Å². The first-order chi connectivity index (χ1) is 8.12. The Kier molecular flexibility index (Phi) is 5.62. The second kappa shape index (κ2) is 6.74. The van der Waals surface area contributed by atoms with Gasteiger partial charge >= 0.3 is 0 Å². The van der Waals surface area contributed by atoms with E-state index < -0.39 is 5.54 Å². The van der Waals surface area contributed by atoms with Gasteiger partial charge in [0.1, 0.15) is 0 Å². The van der Waals surface area contributed by atoms with Crippen LogP contribution in [0.1, 0.15) is 32.3 Å². The Morgan fingerprint density at radius 2 is 2.00 bits per heavy atom. The summed E-state index contributed by atoms with van der Waals surface area (Å²) in [5, 5.41) is 9.48. The molecule has 0 aliphatic carbocycles. The minimum Gasteiger partial charge on any atom is -0.394 e. The normalized spacial score (nSPS) is 16.5. The van der Waals surface area contributed by atoms with E-state index in [2.05, 4.69) is 6.92 Å². The van der Waals surface area contributed by atoms with Crippen molar-refractivity contribution in [2.75, 3.05) is 13.2 Å². The van der Waals surface area contributed by atoms with E-state index in [0.29, 0.717) is 13.0 Å². The van der Waals surface area contributed by atoms with Crippen LogP contribution < -0.4 is 5.73 Å². The van der Waals surface area contributed by atoms with Crippen LogP contribution in [0.3, 0.4) is 0 Å². The van der Waals surface area contributed by atoms with E-state index in [1.54, 1.807) is 0 Å². The molecule has 0 spiro atoms. The summed E-state index contributed by atoms with van der Waals surface area (Å²) in [6.45, 7) is 4.63. The molecule has 0 saturated heterocycles. The summed E-state index contributed by atoms with van der Waals surface area (Å²) in [5.41, 5.74) is 6.47. The van der Waals surface area contributed by atoms with Crippen molar-refractivity contribution in [2.45, 2.75) is 38.3 Å². The van der Waals surface area contributed by atoms with Crippen LogP contribution in [-0.4, -0.2) is 24.4 Å². The molecular formula is C14H23NO2. The molecule has 2 unspecified atom stereocenters. The lowest BCUT2D eigenvalue weighted by Gasteiger charge is -2.28. The van der Waals surface area contributed by atoms with Crippen molar-refractivity contribution < 1.29 is 9.84 Å². The second-order valence-corrected chi connectivity index (χ2v) is 4.52. The van der Waals surface area contributed by atoms with Crippen molar-refractivity contribution in [3.05, 3.63) is 35.9 Å². The fourth-order valence-electron chi connectivity index (χ4n) is 1.64. The van der Waals surface area contributed by atoms with Crippen molar-refractivity contribution in [3.63, 3.8) is 0 Å². The summed E-state index contributed by atoms with van der Waals surface area (Å²) < 4.78 is 5.62. The molecular weight excluding hydrogens is 214 g/mol. The minimum absolute atomic E-state index is 0.0686. The van der Waals surface area contributed by atoms with Gasteiger partial charge in [-0.3, -0.25) is 0 Å². The van der Waals surface area contributed by atoms with E-state index in [1.165, 1.54) is 0 Å². The highest BCUT2D eigenvalue weighted by Crippen LogP contribution is 2.21. The zero-order valence-electron chi connectivity index (χ0n) is 10.7. The highest BCUT2D eigenvalue weighted by Gasteiger charge is 2.26. The van der Waals surface area contributed by atoms with Gasteiger partial charge in [0.15, 0.2) is 0 Å². The van der Waals surface area contributed by atoms with Gasteiger partial charge in [-0.15, -0.1) is 0 Å². The van der Waals surface area contributed by atoms with Crippen LogP contribution in [0.4, 0.5) is 0 Å². The van der Waals surface area contributed by atoms with Gasteiger partial charge in [0, 0.05) is 6.61 Å². The average molecular weight is 237 g/mol. The second-order valence-electron chi connectivity index (χ2n) is 4.52. The van der Waals surface area contributed by atoms with Gasteiger partial charge in [0.2, 0.25) is 0 Å². The van der Waals surface area contributed by atoms with Crippen molar-refractivity contribution in [3.8, 4) is 0 Å². The minimum atomic E-state index is -0.700. The van der Waals surface area contributed by atoms with E-state index >= 15 is 0 Å². The van der Waals surface area contributed by atoms with Crippen LogP contribution in [0.5, 0.6) is 0 Å². The van der Waals surface area contributed by atoms with Crippen LogP contribution in [0.25, 0.3) is 0 Å². The lowest BCUT2D eigenvalue weighted by atomic mass is 9.89. The van der Waals surface area contributed by atoms with E-state index in [0.717, 1.165) is 12.0 Å². The van der Waals surface area contributed by atoms with E-state index in [-0.39, 0.29) is 12.7 Å². The summed E-state index contributed by atoms with van der Waals surface area (Å²) in [6.07, 6.45) is 1.86. The predicted octanol–water partition coefficient (Wildman–Crippen LogP) is 2.04.